The minimum Gasteiger partial charge on any atom is -0.345 e. The van der Waals surface area contributed by atoms with Crippen molar-refractivity contribution < 1.29 is 9.32 Å². The largest absolute Gasteiger partial charge is 0.345 e. The van der Waals surface area contributed by atoms with Crippen LogP contribution in [-0.4, -0.2) is 63.0 Å². The summed E-state index contributed by atoms with van der Waals surface area (Å²) in [5.41, 5.74) is 3.88. The Labute approximate surface area is 189 Å². The SMILES string of the molecule is C=CCn1c(C)cc(C(=O)CN2CCN(C(C)c3nc(-c4ccccc4)no3)CC2)c1C. The number of ketones is 1. The summed E-state index contributed by atoms with van der Waals surface area (Å²) in [5.74, 6) is 1.42. The van der Waals surface area contributed by atoms with Crippen LogP contribution >= 0.6 is 0 Å². The van der Waals surface area contributed by atoms with Crippen LogP contribution in [0.1, 0.15) is 40.6 Å². The summed E-state index contributed by atoms with van der Waals surface area (Å²) >= 11 is 0. The second-order valence-corrected chi connectivity index (χ2v) is 8.42. The van der Waals surface area contributed by atoms with Gasteiger partial charge in [0, 0.05) is 55.2 Å². The van der Waals surface area contributed by atoms with Gasteiger partial charge in [-0.2, -0.15) is 4.98 Å². The Morgan fingerprint density at radius 2 is 1.91 bits per heavy atom. The highest BCUT2D eigenvalue weighted by Crippen LogP contribution is 2.24. The van der Waals surface area contributed by atoms with Gasteiger partial charge in [0.2, 0.25) is 11.7 Å². The van der Waals surface area contributed by atoms with Gasteiger partial charge < -0.3 is 9.09 Å². The van der Waals surface area contributed by atoms with E-state index in [0.29, 0.717) is 18.3 Å². The molecule has 3 aromatic rings. The zero-order valence-corrected chi connectivity index (χ0v) is 19.1. The first kappa shape index (κ1) is 22.2. The van der Waals surface area contributed by atoms with Gasteiger partial charge in [0.1, 0.15) is 0 Å². The van der Waals surface area contributed by atoms with E-state index < -0.39 is 0 Å². The number of benzene rings is 1. The highest BCUT2D eigenvalue weighted by molar-refractivity contribution is 5.99. The normalized spacial score (nSPS) is 16.2. The number of aryl methyl sites for hydroxylation is 1. The Morgan fingerprint density at radius 1 is 1.19 bits per heavy atom. The zero-order valence-electron chi connectivity index (χ0n) is 19.1. The van der Waals surface area contributed by atoms with Crippen LogP contribution in [0.2, 0.25) is 0 Å². The molecule has 32 heavy (non-hydrogen) atoms. The van der Waals surface area contributed by atoms with Crippen LogP contribution in [0, 0.1) is 13.8 Å². The number of rotatable bonds is 8. The number of carbonyl (C=O) groups excluding carboxylic acids is 1. The first-order valence-electron chi connectivity index (χ1n) is 11.1. The molecule has 1 aliphatic rings. The third-order valence-corrected chi connectivity index (χ3v) is 6.34. The van der Waals surface area contributed by atoms with Crippen LogP contribution in [-0.2, 0) is 6.54 Å². The van der Waals surface area contributed by atoms with E-state index in [-0.39, 0.29) is 11.8 Å². The number of aromatic nitrogens is 3. The maximum Gasteiger partial charge on any atom is 0.244 e. The van der Waals surface area contributed by atoms with E-state index in [0.717, 1.165) is 55.2 Å². The van der Waals surface area contributed by atoms with E-state index in [1.807, 2.05) is 56.3 Å². The summed E-state index contributed by atoms with van der Waals surface area (Å²) in [6.07, 6.45) is 1.86. The molecule has 7 heteroatoms. The fourth-order valence-electron chi connectivity index (χ4n) is 4.36. The Kier molecular flexibility index (Phi) is 6.67. The van der Waals surface area contributed by atoms with E-state index in [1.54, 1.807) is 0 Å². The predicted octanol–water partition coefficient (Wildman–Crippen LogP) is 3.90. The van der Waals surface area contributed by atoms with Crippen LogP contribution in [0.3, 0.4) is 0 Å². The van der Waals surface area contributed by atoms with Crippen molar-refractivity contribution in [3.8, 4) is 11.4 Å². The average Bonchev–Trinajstić information content (AvgIpc) is 3.41. The minimum absolute atomic E-state index is 0.0376. The van der Waals surface area contributed by atoms with Crippen molar-refractivity contribution in [1.29, 1.82) is 0 Å². The molecule has 1 unspecified atom stereocenters. The van der Waals surface area contributed by atoms with E-state index in [2.05, 4.69) is 38.0 Å². The molecule has 0 N–H and O–H groups in total. The second-order valence-electron chi connectivity index (χ2n) is 8.42. The van der Waals surface area contributed by atoms with Gasteiger partial charge in [-0.05, 0) is 26.8 Å². The molecule has 7 nitrogen and oxygen atoms in total. The lowest BCUT2D eigenvalue weighted by Gasteiger charge is -2.36. The zero-order chi connectivity index (χ0) is 22.7. The average molecular weight is 434 g/mol. The van der Waals surface area contributed by atoms with Crippen LogP contribution in [0.25, 0.3) is 11.4 Å². The second kappa shape index (κ2) is 9.63. The number of hydrogen-bond acceptors (Lipinski definition) is 6. The van der Waals surface area contributed by atoms with Crippen LogP contribution < -0.4 is 0 Å². The van der Waals surface area contributed by atoms with Gasteiger partial charge in [0.25, 0.3) is 0 Å². The van der Waals surface area contributed by atoms with Gasteiger partial charge in [-0.1, -0.05) is 41.6 Å². The van der Waals surface area contributed by atoms with Crippen molar-refractivity contribution in [3.63, 3.8) is 0 Å². The highest BCUT2D eigenvalue weighted by Gasteiger charge is 2.27. The Hall–Kier alpha value is -3.03. The molecule has 1 saturated heterocycles. The van der Waals surface area contributed by atoms with Crippen molar-refractivity contribution in [1.82, 2.24) is 24.5 Å². The summed E-state index contributed by atoms with van der Waals surface area (Å²) in [4.78, 5) is 22.1. The fraction of sp³-hybridized carbons (Fsp3) is 0.400. The molecular weight excluding hydrogens is 402 g/mol. The van der Waals surface area contributed by atoms with Crippen LogP contribution in [0.15, 0.2) is 53.6 Å². The predicted molar refractivity (Wildman–Crippen MR) is 125 cm³/mol. The minimum atomic E-state index is 0.0376. The standard InChI is InChI=1S/C25H31N5O2/c1-5-11-30-18(2)16-22(19(30)3)23(31)17-28-12-14-29(15-13-28)20(4)25-26-24(27-32-25)21-9-7-6-8-10-21/h5-10,16,20H,1,11-15,17H2,2-4H3. The maximum atomic E-state index is 13.0. The van der Waals surface area contributed by atoms with Gasteiger partial charge in [0.05, 0.1) is 12.6 Å². The summed E-state index contributed by atoms with van der Waals surface area (Å²) in [6.45, 7) is 14.5. The molecular formula is C25H31N5O2. The molecule has 2 aromatic heterocycles. The van der Waals surface area contributed by atoms with Crippen LogP contribution in [0.4, 0.5) is 0 Å². The summed E-state index contributed by atoms with van der Waals surface area (Å²) in [6, 6.07) is 11.9. The molecule has 0 bridgehead atoms. The topological polar surface area (TPSA) is 67.4 Å². The molecule has 0 aliphatic carbocycles. The van der Waals surface area contributed by atoms with E-state index in [9.17, 15) is 4.79 Å². The molecule has 1 aromatic carbocycles. The van der Waals surface area contributed by atoms with Crippen molar-refractivity contribution in [2.24, 2.45) is 0 Å². The monoisotopic (exact) mass is 433 g/mol. The molecule has 1 aliphatic heterocycles. The van der Waals surface area contributed by atoms with Gasteiger partial charge in [0.15, 0.2) is 5.78 Å². The van der Waals surface area contributed by atoms with Gasteiger partial charge >= 0.3 is 0 Å². The van der Waals surface area contributed by atoms with E-state index in [1.165, 1.54) is 0 Å². The number of nitrogens with zero attached hydrogens (tertiary/aromatic N) is 5. The molecule has 4 rings (SSSR count). The fourth-order valence-corrected chi connectivity index (χ4v) is 4.36. The van der Waals surface area contributed by atoms with Crippen molar-refractivity contribution >= 4 is 5.78 Å². The van der Waals surface area contributed by atoms with Gasteiger partial charge in [-0.25, -0.2) is 0 Å². The third kappa shape index (κ3) is 4.59. The first-order valence-corrected chi connectivity index (χ1v) is 11.1. The quantitative estimate of drug-likeness (QED) is 0.396. The van der Waals surface area contributed by atoms with Crippen molar-refractivity contribution in [2.45, 2.75) is 33.4 Å². The summed E-state index contributed by atoms with van der Waals surface area (Å²) < 4.78 is 7.68. The molecule has 3 heterocycles. The van der Waals surface area contributed by atoms with Crippen molar-refractivity contribution in [2.75, 3.05) is 32.7 Å². The van der Waals surface area contributed by atoms with Gasteiger partial charge in [-0.3, -0.25) is 14.6 Å². The third-order valence-electron chi connectivity index (χ3n) is 6.34. The molecule has 168 valence electrons. The number of hydrogen-bond donors (Lipinski definition) is 0. The van der Waals surface area contributed by atoms with E-state index in [4.69, 9.17) is 4.52 Å². The molecule has 0 saturated carbocycles. The summed E-state index contributed by atoms with van der Waals surface area (Å²) in [7, 11) is 0. The highest BCUT2D eigenvalue weighted by atomic mass is 16.5. The molecule has 0 radical (unpaired) electrons. The molecule has 1 atom stereocenters. The Morgan fingerprint density at radius 3 is 2.59 bits per heavy atom. The van der Waals surface area contributed by atoms with Crippen molar-refractivity contribution in [3.05, 3.63) is 71.9 Å². The number of piperazine rings is 1. The number of allylic oxidation sites excluding steroid dienone is 1. The van der Waals surface area contributed by atoms with E-state index >= 15 is 0 Å². The molecule has 1 fully saturated rings. The Bertz CT molecular complexity index is 1080. The summed E-state index contributed by atoms with van der Waals surface area (Å²) in [5, 5.41) is 4.14. The van der Waals surface area contributed by atoms with Crippen LogP contribution in [0.5, 0.6) is 0 Å². The maximum absolute atomic E-state index is 13.0. The van der Waals surface area contributed by atoms with Gasteiger partial charge in [-0.15, -0.1) is 6.58 Å². The Balaban J connectivity index is 1.33. The smallest absolute Gasteiger partial charge is 0.244 e. The molecule has 0 amide bonds. The molecule has 0 spiro atoms. The lowest BCUT2D eigenvalue weighted by Crippen LogP contribution is -2.48. The lowest BCUT2D eigenvalue weighted by atomic mass is 10.1. The number of Topliss-reactive ketones (excluding diaryl/α,β-unsaturated/α-hetero) is 1. The lowest BCUT2D eigenvalue weighted by molar-refractivity contribution is 0.0737. The number of carbonyl (C=O) groups is 1. The first-order chi connectivity index (χ1) is 15.5.